The van der Waals surface area contributed by atoms with Gasteiger partial charge in [-0.3, -0.25) is 14.4 Å². The molecule has 0 bridgehead atoms. The Kier molecular flexibility index (Phi) is 11.5. The number of ether oxygens (including phenoxy) is 1. The first-order valence-corrected chi connectivity index (χ1v) is 9.40. The molecule has 0 unspecified atom stereocenters. The molecule has 27 heavy (non-hydrogen) atoms. The Hall–Kier alpha value is -2.41. The van der Waals surface area contributed by atoms with E-state index in [9.17, 15) is 14.4 Å². The Morgan fingerprint density at radius 3 is 2.11 bits per heavy atom. The van der Waals surface area contributed by atoms with Crippen LogP contribution in [-0.4, -0.2) is 62.5 Å². The highest BCUT2D eigenvalue weighted by Gasteiger charge is 2.20. The highest BCUT2D eigenvalue weighted by Crippen LogP contribution is 2.03. The van der Waals surface area contributed by atoms with Gasteiger partial charge in [0.05, 0.1) is 6.42 Å². The van der Waals surface area contributed by atoms with Crippen molar-refractivity contribution in [1.29, 1.82) is 0 Å². The molecule has 0 radical (unpaired) electrons. The van der Waals surface area contributed by atoms with Crippen LogP contribution in [0.4, 0.5) is 0 Å². The van der Waals surface area contributed by atoms with E-state index in [1.807, 2.05) is 37.3 Å². The van der Waals surface area contributed by atoms with Gasteiger partial charge in [-0.2, -0.15) is 0 Å². The van der Waals surface area contributed by atoms with Crippen molar-refractivity contribution in [2.45, 2.75) is 32.6 Å². The molecule has 0 aliphatic rings. The summed E-state index contributed by atoms with van der Waals surface area (Å²) in [5.41, 5.74) is 0.847. The molecule has 7 nitrogen and oxygen atoms in total. The molecule has 0 atom stereocenters. The number of carbonyl (C=O) groups is 3. The van der Waals surface area contributed by atoms with Crippen molar-refractivity contribution in [2.24, 2.45) is 0 Å². The Labute approximate surface area is 161 Å². The Bertz CT molecular complexity index is 578. The third-order valence-corrected chi connectivity index (χ3v) is 3.92. The monoisotopic (exact) mass is 377 g/mol. The summed E-state index contributed by atoms with van der Waals surface area (Å²) in [6.45, 7) is 3.36. The van der Waals surface area contributed by atoms with Crippen molar-refractivity contribution in [3.8, 4) is 0 Å². The summed E-state index contributed by atoms with van der Waals surface area (Å²) >= 11 is 0. The summed E-state index contributed by atoms with van der Waals surface area (Å²) in [6.07, 6.45) is 2.70. The maximum atomic E-state index is 12.6. The molecule has 3 amide bonds. The molecule has 0 spiro atoms. The van der Waals surface area contributed by atoms with Crippen LogP contribution in [0.5, 0.6) is 0 Å². The summed E-state index contributed by atoms with van der Waals surface area (Å²) in [4.78, 5) is 38.2. The van der Waals surface area contributed by atoms with Gasteiger partial charge in [0, 0.05) is 26.8 Å². The van der Waals surface area contributed by atoms with Gasteiger partial charge in [-0.25, -0.2) is 0 Å². The summed E-state index contributed by atoms with van der Waals surface area (Å²) < 4.78 is 4.94. The highest BCUT2D eigenvalue weighted by molar-refractivity contribution is 5.89. The van der Waals surface area contributed by atoms with Gasteiger partial charge >= 0.3 is 0 Å². The molecule has 7 heteroatoms. The van der Waals surface area contributed by atoms with E-state index in [-0.39, 0.29) is 37.2 Å². The van der Waals surface area contributed by atoms with E-state index in [1.54, 1.807) is 7.11 Å². The zero-order chi connectivity index (χ0) is 19.9. The van der Waals surface area contributed by atoms with Crippen molar-refractivity contribution < 1.29 is 19.1 Å². The minimum atomic E-state index is -0.283. The lowest BCUT2D eigenvalue weighted by Crippen LogP contribution is -2.46. The molecule has 0 aliphatic carbocycles. The quantitative estimate of drug-likeness (QED) is 0.505. The predicted octanol–water partition coefficient (Wildman–Crippen LogP) is 1.13. The fraction of sp³-hybridized carbons (Fsp3) is 0.550. The molecule has 1 aromatic carbocycles. The Balaban J connectivity index is 2.62. The lowest BCUT2D eigenvalue weighted by Gasteiger charge is -2.22. The van der Waals surface area contributed by atoms with E-state index in [1.165, 1.54) is 4.90 Å². The second-order valence-electron chi connectivity index (χ2n) is 6.31. The van der Waals surface area contributed by atoms with E-state index in [0.29, 0.717) is 26.1 Å². The van der Waals surface area contributed by atoms with Gasteiger partial charge in [-0.15, -0.1) is 0 Å². The number of benzene rings is 1. The van der Waals surface area contributed by atoms with Gasteiger partial charge in [0.25, 0.3) is 0 Å². The molecular weight excluding hydrogens is 346 g/mol. The predicted molar refractivity (Wildman–Crippen MR) is 104 cm³/mol. The van der Waals surface area contributed by atoms with Crippen LogP contribution in [0.15, 0.2) is 30.3 Å². The molecular formula is C20H31N3O4. The summed E-state index contributed by atoms with van der Waals surface area (Å²) in [7, 11) is 1.60. The standard InChI is InChI=1S/C20H31N3O4/c1-3-4-11-21-18(24)15-23(16-19(25)22-12-8-13-27-2)20(26)14-17-9-6-5-7-10-17/h5-7,9-10H,3-4,8,11-16H2,1-2H3,(H,21,24)(H,22,25). The first-order chi connectivity index (χ1) is 13.1. The molecule has 0 saturated carbocycles. The smallest absolute Gasteiger partial charge is 0.239 e. The van der Waals surface area contributed by atoms with Crippen LogP contribution in [0.3, 0.4) is 0 Å². The Morgan fingerprint density at radius 1 is 0.963 bits per heavy atom. The van der Waals surface area contributed by atoms with Crippen LogP contribution >= 0.6 is 0 Å². The fourth-order valence-corrected chi connectivity index (χ4v) is 2.42. The number of unbranched alkanes of at least 4 members (excludes halogenated alkanes) is 1. The first-order valence-electron chi connectivity index (χ1n) is 9.40. The number of carbonyl (C=O) groups excluding carboxylic acids is 3. The molecule has 0 fully saturated rings. The molecule has 0 heterocycles. The zero-order valence-electron chi connectivity index (χ0n) is 16.3. The normalized spacial score (nSPS) is 10.3. The maximum Gasteiger partial charge on any atom is 0.239 e. The van der Waals surface area contributed by atoms with Crippen LogP contribution in [0.1, 0.15) is 31.7 Å². The summed E-state index contributed by atoms with van der Waals surface area (Å²) in [5, 5.41) is 5.53. The third kappa shape index (κ3) is 10.4. The van der Waals surface area contributed by atoms with Gasteiger partial charge in [0.15, 0.2) is 0 Å². The van der Waals surface area contributed by atoms with Gasteiger partial charge in [0.2, 0.25) is 17.7 Å². The SMILES string of the molecule is CCCCNC(=O)CN(CC(=O)NCCCOC)C(=O)Cc1ccccc1. The fourth-order valence-electron chi connectivity index (χ4n) is 2.42. The van der Waals surface area contributed by atoms with E-state index in [0.717, 1.165) is 18.4 Å². The summed E-state index contributed by atoms with van der Waals surface area (Å²) in [5.74, 6) is -0.787. The van der Waals surface area contributed by atoms with E-state index in [4.69, 9.17) is 4.74 Å². The van der Waals surface area contributed by atoms with Crippen LogP contribution in [0, 0.1) is 0 Å². The van der Waals surface area contributed by atoms with E-state index >= 15 is 0 Å². The average molecular weight is 377 g/mol. The largest absolute Gasteiger partial charge is 0.385 e. The second-order valence-corrected chi connectivity index (χ2v) is 6.31. The highest BCUT2D eigenvalue weighted by atomic mass is 16.5. The topological polar surface area (TPSA) is 87.7 Å². The molecule has 0 aromatic heterocycles. The van der Waals surface area contributed by atoms with Crippen LogP contribution < -0.4 is 10.6 Å². The number of hydrogen-bond donors (Lipinski definition) is 2. The number of amides is 3. The van der Waals surface area contributed by atoms with Crippen LogP contribution in [-0.2, 0) is 25.5 Å². The number of nitrogens with one attached hydrogen (secondary N) is 2. The minimum absolute atomic E-state index is 0.124. The first kappa shape index (κ1) is 22.6. The summed E-state index contributed by atoms with van der Waals surface area (Å²) in [6, 6.07) is 9.28. The van der Waals surface area contributed by atoms with Crippen molar-refractivity contribution in [2.75, 3.05) is 39.9 Å². The molecule has 150 valence electrons. The molecule has 2 N–H and O–H groups in total. The van der Waals surface area contributed by atoms with Crippen LogP contribution in [0.2, 0.25) is 0 Å². The molecule has 0 saturated heterocycles. The molecule has 1 rings (SSSR count). The number of rotatable bonds is 13. The third-order valence-electron chi connectivity index (χ3n) is 3.92. The van der Waals surface area contributed by atoms with Crippen molar-refractivity contribution in [1.82, 2.24) is 15.5 Å². The van der Waals surface area contributed by atoms with Crippen LogP contribution in [0.25, 0.3) is 0 Å². The van der Waals surface area contributed by atoms with Crippen molar-refractivity contribution in [3.05, 3.63) is 35.9 Å². The van der Waals surface area contributed by atoms with Gasteiger partial charge in [-0.05, 0) is 18.4 Å². The van der Waals surface area contributed by atoms with Gasteiger partial charge < -0.3 is 20.3 Å². The minimum Gasteiger partial charge on any atom is -0.385 e. The van der Waals surface area contributed by atoms with Gasteiger partial charge in [-0.1, -0.05) is 43.7 Å². The molecule has 0 aliphatic heterocycles. The second kappa shape index (κ2) is 13.7. The maximum absolute atomic E-state index is 12.6. The number of nitrogens with zero attached hydrogens (tertiary/aromatic N) is 1. The zero-order valence-corrected chi connectivity index (χ0v) is 16.3. The lowest BCUT2D eigenvalue weighted by molar-refractivity contribution is -0.138. The average Bonchev–Trinajstić information content (AvgIpc) is 2.66. The molecule has 1 aromatic rings. The van der Waals surface area contributed by atoms with Crippen molar-refractivity contribution in [3.63, 3.8) is 0 Å². The van der Waals surface area contributed by atoms with Gasteiger partial charge in [0.1, 0.15) is 13.1 Å². The lowest BCUT2D eigenvalue weighted by atomic mass is 10.1. The Morgan fingerprint density at radius 2 is 1.56 bits per heavy atom. The number of hydrogen-bond acceptors (Lipinski definition) is 4. The van der Waals surface area contributed by atoms with E-state index in [2.05, 4.69) is 10.6 Å². The van der Waals surface area contributed by atoms with E-state index < -0.39 is 0 Å². The van der Waals surface area contributed by atoms with Crippen molar-refractivity contribution >= 4 is 17.7 Å². The number of methoxy groups -OCH3 is 1.